The van der Waals surface area contributed by atoms with E-state index >= 15 is 0 Å². The van der Waals surface area contributed by atoms with Crippen molar-refractivity contribution >= 4 is 27.1 Å². The first-order valence-corrected chi connectivity index (χ1v) is 6.82. The fourth-order valence-electron chi connectivity index (χ4n) is 1.28. The van der Waals surface area contributed by atoms with Gasteiger partial charge < -0.3 is 4.74 Å². The summed E-state index contributed by atoms with van der Waals surface area (Å²) in [5.74, 6) is -2.20. The molecular formula is C9H9ClFNO5S. The Balaban J connectivity index is 3.46. The molecule has 1 rings (SSSR count). The molecule has 0 radical (unpaired) electrons. The lowest BCUT2D eigenvalue weighted by molar-refractivity contribution is -0.386. The molecule has 0 bridgehead atoms. The molecule has 1 aromatic rings. The van der Waals surface area contributed by atoms with Crippen LogP contribution in [-0.2, 0) is 9.84 Å². The molecule has 18 heavy (non-hydrogen) atoms. The van der Waals surface area contributed by atoms with Gasteiger partial charge in [-0.3, -0.25) is 10.1 Å². The van der Waals surface area contributed by atoms with Gasteiger partial charge in [-0.15, -0.1) is 11.6 Å². The average Bonchev–Trinajstić information content (AvgIpc) is 2.28. The van der Waals surface area contributed by atoms with Crippen molar-refractivity contribution in [3.63, 3.8) is 0 Å². The van der Waals surface area contributed by atoms with Crippen molar-refractivity contribution in [3.05, 3.63) is 28.1 Å². The number of sulfone groups is 1. The van der Waals surface area contributed by atoms with Crippen LogP contribution in [0.4, 0.5) is 10.1 Å². The van der Waals surface area contributed by atoms with E-state index in [1.54, 1.807) is 0 Å². The molecule has 0 amide bonds. The Hall–Kier alpha value is -1.41. The summed E-state index contributed by atoms with van der Waals surface area (Å²) in [7, 11) is -2.80. The van der Waals surface area contributed by atoms with Gasteiger partial charge in [-0.2, -0.15) is 0 Å². The maximum atomic E-state index is 13.6. The molecule has 9 heteroatoms. The van der Waals surface area contributed by atoms with Crippen LogP contribution in [0.1, 0.15) is 0 Å². The fourth-order valence-corrected chi connectivity index (χ4v) is 2.96. The Bertz CT molecular complexity index is 575. The number of rotatable bonds is 5. The summed E-state index contributed by atoms with van der Waals surface area (Å²) in [5, 5.41) is 10.6. The van der Waals surface area contributed by atoms with Gasteiger partial charge in [0.05, 0.1) is 23.9 Å². The Morgan fingerprint density at radius 2 is 2.11 bits per heavy atom. The molecule has 0 aliphatic heterocycles. The Morgan fingerprint density at radius 1 is 1.50 bits per heavy atom. The first kappa shape index (κ1) is 14.7. The third-order valence-electron chi connectivity index (χ3n) is 2.11. The van der Waals surface area contributed by atoms with Crippen LogP contribution in [0.3, 0.4) is 0 Å². The van der Waals surface area contributed by atoms with Crippen LogP contribution in [0.5, 0.6) is 5.75 Å². The minimum absolute atomic E-state index is 0.207. The zero-order valence-electron chi connectivity index (χ0n) is 9.22. The third kappa shape index (κ3) is 2.88. The second kappa shape index (κ2) is 5.49. The quantitative estimate of drug-likeness (QED) is 0.469. The van der Waals surface area contributed by atoms with Crippen molar-refractivity contribution in [2.45, 2.75) is 4.90 Å². The van der Waals surface area contributed by atoms with Gasteiger partial charge in [0.15, 0.2) is 15.6 Å². The van der Waals surface area contributed by atoms with E-state index in [2.05, 4.69) is 4.74 Å². The number of halogens is 2. The molecule has 0 aliphatic rings. The van der Waals surface area contributed by atoms with Crippen LogP contribution in [0, 0.1) is 15.9 Å². The SMILES string of the molecule is COc1cc(S(=O)(=O)CCCl)c(F)cc1[N+](=O)[O-]. The summed E-state index contributed by atoms with van der Waals surface area (Å²) in [6.07, 6.45) is 0. The summed E-state index contributed by atoms with van der Waals surface area (Å²) >= 11 is 5.30. The highest BCUT2D eigenvalue weighted by Gasteiger charge is 2.25. The lowest BCUT2D eigenvalue weighted by Gasteiger charge is -2.07. The molecule has 0 fully saturated rings. The number of nitrogens with zero attached hydrogens (tertiary/aromatic N) is 1. The summed E-state index contributed by atoms with van der Waals surface area (Å²) in [5.41, 5.74) is -0.639. The highest BCUT2D eigenvalue weighted by Crippen LogP contribution is 2.32. The first-order chi connectivity index (χ1) is 8.33. The number of nitro benzene ring substituents is 1. The largest absolute Gasteiger partial charge is 0.490 e. The molecule has 0 N–H and O–H groups in total. The van der Waals surface area contributed by atoms with E-state index in [9.17, 15) is 22.9 Å². The second-order valence-electron chi connectivity index (χ2n) is 3.22. The smallest absolute Gasteiger partial charge is 0.313 e. The summed E-state index contributed by atoms with van der Waals surface area (Å²) in [4.78, 5) is 9.09. The predicted molar refractivity (Wildman–Crippen MR) is 62.4 cm³/mol. The molecule has 1 aromatic carbocycles. The minimum atomic E-state index is -3.93. The number of hydrogen-bond acceptors (Lipinski definition) is 5. The van der Waals surface area contributed by atoms with Gasteiger partial charge in [-0.05, 0) is 0 Å². The van der Waals surface area contributed by atoms with Crippen molar-refractivity contribution in [1.29, 1.82) is 0 Å². The monoisotopic (exact) mass is 297 g/mol. The van der Waals surface area contributed by atoms with E-state index in [1.807, 2.05) is 0 Å². The lowest BCUT2D eigenvalue weighted by Crippen LogP contribution is -2.11. The third-order valence-corrected chi connectivity index (χ3v) is 4.25. The molecular weight excluding hydrogens is 289 g/mol. The van der Waals surface area contributed by atoms with Gasteiger partial charge in [-0.25, -0.2) is 12.8 Å². The van der Waals surface area contributed by atoms with Crippen LogP contribution in [0.25, 0.3) is 0 Å². The number of alkyl halides is 1. The number of ether oxygens (including phenoxy) is 1. The Kier molecular flexibility index (Phi) is 4.47. The number of hydrogen-bond donors (Lipinski definition) is 0. The molecule has 0 unspecified atom stereocenters. The molecule has 100 valence electrons. The molecule has 0 saturated carbocycles. The predicted octanol–water partition coefficient (Wildman–Crippen LogP) is 1.75. The van der Waals surface area contributed by atoms with E-state index in [4.69, 9.17) is 11.6 Å². The average molecular weight is 298 g/mol. The van der Waals surface area contributed by atoms with Crippen molar-refractivity contribution in [3.8, 4) is 5.75 Å². The lowest BCUT2D eigenvalue weighted by atomic mass is 10.3. The maximum Gasteiger partial charge on any atom is 0.313 e. The number of benzene rings is 1. The van der Waals surface area contributed by atoms with Gasteiger partial charge in [-0.1, -0.05) is 0 Å². The molecule has 0 aromatic heterocycles. The van der Waals surface area contributed by atoms with Crippen LogP contribution in [0.15, 0.2) is 17.0 Å². The van der Waals surface area contributed by atoms with Crippen LogP contribution < -0.4 is 4.74 Å². The van der Waals surface area contributed by atoms with Crippen LogP contribution in [0.2, 0.25) is 0 Å². The molecule has 0 atom stereocenters. The Morgan fingerprint density at radius 3 is 2.56 bits per heavy atom. The van der Waals surface area contributed by atoms with Crippen molar-refractivity contribution in [2.75, 3.05) is 18.7 Å². The van der Waals surface area contributed by atoms with Gasteiger partial charge >= 0.3 is 5.69 Å². The van der Waals surface area contributed by atoms with E-state index in [-0.39, 0.29) is 11.6 Å². The first-order valence-electron chi connectivity index (χ1n) is 4.64. The number of nitro groups is 1. The van der Waals surface area contributed by atoms with E-state index in [0.29, 0.717) is 6.07 Å². The van der Waals surface area contributed by atoms with Gasteiger partial charge in [0.25, 0.3) is 0 Å². The fraction of sp³-hybridized carbons (Fsp3) is 0.333. The molecule has 6 nitrogen and oxygen atoms in total. The Labute approximate surface area is 107 Å². The molecule has 0 aliphatic carbocycles. The van der Waals surface area contributed by atoms with E-state index in [0.717, 1.165) is 13.2 Å². The highest BCUT2D eigenvalue weighted by atomic mass is 35.5. The molecule has 0 spiro atoms. The van der Waals surface area contributed by atoms with Gasteiger partial charge in [0.2, 0.25) is 0 Å². The summed E-state index contributed by atoms with van der Waals surface area (Å²) in [6.45, 7) is 0. The zero-order valence-corrected chi connectivity index (χ0v) is 10.8. The van der Waals surface area contributed by atoms with Crippen molar-refractivity contribution in [1.82, 2.24) is 0 Å². The van der Waals surface area contributed by atoms with E-state index in [1.165, 1.54) is 0 Å². The van der Waals surface area contributed by atoms with Crippen molar-refractivity contribution in [2.24, 2.45) is 0 Å². The van der Waals surface area contributed by atoms with Crippen molar-refractivity contribution < 1.29 is 22.5 Å². The van der Waals surface area contributed by atoms with Gasteiger partial charge in [0, 0.05) is 11.9 Å². The standard InChI is InChI=1S/C9H9ClFNO5S/c1-17-8-5-9(18(15,16)3-2-10)6(11)4-7(8)12(13)14/h4-5H,2-3H2,1H3. The second-order valence-corrected chi connectivity index (χ2v) is 5.67. The molecule has 0 saturated heterocycles. The van der Waals surface area contributed by atoms with E-state index < -0.39 is 36.9 Å². The normalized spacial score (nSPS) is 11.3. The zero-order chi connectivity index (χ0) is 13.9. The topological polar surface area (TPSA) is 86.5 Å². The number of methoxy groups -OCH3 is 1. The summed E-state index contributed by atoms with van der Waals surface area (Å²) < 4.78 is 41.5. The highest BCUT2D eigenvalue weighted by molar-refractivity contribution is 7.91. The minimum Gasteiger partial charge on any atom is -0.490 e. The van der Waals surface area contributed by atoms with Crippen LogP contribution in [-0.4, -0.2) is 32.1 Å². The summed E-state index contributed by atoms with van der Waals surface area (Å²) in [6, 6.07) is 1.30. The maximum absolute atomic E-state index is 13.6. The van der Waals surface area contributed by atoms with Gasteiger partial charge in [0.1, 0.15) is 10.7 Å². The van der Waals surface area contributed by atoms with Crippen LogP contribution >= 0.6 is 11.6 Å². The molecule has 0 heterocycles.